The highest BCUT2D eigenvalue weighted by molar-refractivity contribution is 6.45. The van der Waals surface area contributed by atoms with Crippen LogP contribution in [0.25, 0.3) is 0 Å². The zero-order chi connectivity index (χ0) is 27.3. The normalized spacial score (nSPS) is 12.8. The first-order valence-corrected chi connectivity index (χ1v) is 21.5. The van der Waals surface area contributed by atoms with Gasteiger partial charge in [0.2, 0.25) is 0 Å². The Morgan fingerprint density at radius 1 is 0.485 bits per heavy atom. The van der Waals surface area contributed by atoms with Crippen molar-refractivity contribution in [1.29, 1.82) is 0 Å². The molecule has 0 aliphatic rings. The molecule has 0 aliphatic heterocycles. The van der Waals surface area contributed by atoms with Crippen LogP contribution in [0.15, 0.2) is 0 Å². The van der Waals surface area contributed by atoms with E-state index >= 15 is 0 Å². The molecule has 8 nitrogen and oxygen atoms in total. The highest BCUT2D eigenvalue weighted by Crippen LogP contribution is 1.95. The summed E-state index contributed by atoms with van der Waals surface area (Å²) in [6.45, 7) is 14.3. The van der Waals surface area contributed by atoms with Crippen molar-refractivity contribution in [2.24, 2.45) is 0 Å². The van der Waals surface area contributed by atoms with Gasteiger partial charge in [0, 0.05) is 19.6 Å². The number of rotatable bonds is 11. The second kappa shape index (κ2) is 26.9. The molecule has 0 heterocycles. The van der Waals surface area contributed by atoms with Gasteiger partial charge in [-0.05, 0) is 53.9 Å². The van der Waals surface area contributed by atoms with E-state index in [-0.39, 0.29) is 9.84 Å². The zero-order valence-corrected chi connectivity index (χ0v) is 45.7. The van der Waals surface area contributed by atoms with Crippen LogP contribution in [0.3, 0.4) is 0 Å². The van der Waals surface area contributed by atoms with Gasteiger partial charge in [0.1, 0.15) is 0 Å². The molecule has 18 heteroatoms. The maximum absolute atomic E-state index is 2.65. The van der Waals surface area contributed by atoms with E-state index in [1.54, 1.807) is 0 Å². The molecule has 0 aromatic heterocycles. The maximum Gasteiger partial charge on any atom is 0.158 e. The molecule has 0 aromatic rings. The molecular formula is C15H66N8Si10. The topological polar surface area (TPSA) is 25.9 Å². The Morgan fingerprint density at radius 2 is 0.727 bits per heavy atom. The van der Waals surface area contributed by atoms with Crippen molar-refractivity contribution in [3.05, 3.63) is 0 Å². The van der Waals surface area contributed by atoms with Crippen LogP contribution in [-0.4, -0.2) is 213 Å². The summed E-state index contributed by atoms with van der Waals surface area (Å²) in [4.78, 5) is 0. The van der Waals surface area contributed by atoms with E-state index in [9.17, 15) is 0 Å². The van der Waals surface area contributed by atoms with E-state index in [2.05, 4.69) is 98.7 Å². The first-order chi connectivity index (χ1) is 14.8. The van der Waals surface area contributed by atoms with Gasteiger partial charge in [-0.25, -0.2) is 0 Å². The Bertz CT molecular complexity index is 344. The Balaban J connectivity index is -0.000000174. The third-order valence-corrected chi connectivity index (χ3v) is 15.7. The zero-order valence-electron chi connectivity index (χ0n) is 26.3. The average Bonchev–Trinajstić information content (AvgIpc) is 2.65. The molecule has 0 aliphatic carbocycles. The summed E-state index contributed by atoms with van der Waals surface area (Å²) in [6.07, 6.45) is 0. The summed E-state index contributed by atoms with van der Waals surface area (Å²) in [7, 11) is 21.6. The van der Waals surface area contributed by atoms with Gasteiger partial charge in [-0.1, -0.05) is 27.7 Å². The van der Waals surface area contributed by atoms with Crippen molar-refractivity contribution in [1.82, 2.24) is 35.7 Å². The van der Waals surface area contributed by atoms with E-state index in [0.717, 1.165) is 32.9 Å². The SMILES string of the molecule is CC(C)N([SiH3])[SiH2]N([SiH3])C(C)C.CN([SiH3])CCN(C)[SiH3].CN([SiH3])CCN([SiH3])[SiH3].CN([SiH3])N(C)[SiH3]. The van der Waals surface area contributed by atoms with Crippen molar-refractivity contribution in [3.8, 4) is 0 Å². The summed E-state index contributed by atoms with van der Waals surface area (Å²) in [6, 6.07) is 1.56. The van der Waals surface area contributed by atoms with E-state index in [1.807, 2.05) is 0 Å². The van der Waals surface area contributed by atoms with Crippen LogP contribution in [-0.2, 0) is 0 Å². The number of hydrogen-bond acceptors (Lipinski definition) is 8. The Morgan fingerprint density at radius 3 is 0.848 bits per heavy atom. The standard InChI is InChI=1S/C6H22N2Si3.C4H16N2Si2.C3H16N2Si3.C2H12N2Si2/c1-5(2)7(9)11-8(10)6(3)4;1-5(7)3-4-6(2)8;1-4(6)2-3-5(7)8;1-3(5)4(2)6/h5-6H,11H2,1-4,9-10H3;3-4H2,1-2,7-8H3;2-3H2,1,6-8H3;1-2,5-6H3. The fraction of sp³-hybridized carbons (Fsp3) is 1.00. The molecule has 0 saturated carbocycles. The van der Waals surface area contributed by atoms with E-state index in [4.69, 9.17) is 0 Å². The van der Waals surface area contributed by atoms with E-state index in [0.29, 0.717) is 0 Å². The van der Waals surface area contributed by atoms with Crippen molar-refractivity contribution in [3.63, 3.8) is 0 Å². The monoisotopic (exact) mass is 638 g/mol. The molecule has 33 heavy (non-hydrogen) atoms. The predicted octanol–water partition coefficient (Wildman–Crippen LogP) is -11.2. The largest absolute Gasteiger partial charge is 0.359 e. The minimum absolute atomic E-state index is 0.0448. The second-order valence-corrected chi connectivity index (χ2v) is 29.9. The van der Waals surface area contributed by atoms with Gasteiger partial charge in [0.15, 0.2) is 9.84 Å². The smallest absolute Gasteiger partial charge is 0.158 e. The van der Waals surface area contributed by atoms with Crippen LogP contribution in [0, 0.1) is 0 Å². The molecule has 0 bridgehead atoms. The molecule has 0 N–H and O–H groups in total. The Labute approximate surface area is 239 Å². The van der Waals surface area contributed by atoms with Gasteiger partial charge in [0.05, 0.1) is 93.6 Å². The molecule has 0 aromatic carbocycles. The lowest BCUT2D eigenvalue weighted by Crippen LogP contribution is -2.45. The number of hydrazine groups is 1. The second-order valence-electron chi connectivity index (χ2n) is 10.8. The molecular weight excluding hydrogens is 573 g/mol. The van der Waals surface area contributed by atoms with Crippen molar-refractivity contribution in [2.75, 3.05) is 61.4 Å². The third-order valence-electron chi connectivity index (χ3n) is 5.00. The third kappa shape index (κ3) is 44.3. The molecule has 0 saturated heterocycles. The number of nitrogens with zero attached hydrogens (tertiary/aromatic N) is 8. The summed E-state index contributed by atoms with van der Waals surface area (Å²) < 4.78 is 19.2. The molecule has 0 radical (unpaired) electrons. The van der Waals surface area contributed by atoms with Gasteiger partial charge in [-0.15, -0.1) is 0 Å². The van der Waals surface area contributed by atoms with Gasteiger partial charge in [-0.2, -0.15) is 0 Å². The van der Waals surface area contributed by atoms with Crippen molar-refractivity contribution in [2.45, 2.75) is 39.8 Å². The fourth-order valence-corrected chi connectivity index (χ4v) is 8.21. The highest BCUT2D eigenvalue weighted by atomic mass is 28.3. The lowest BCUT2D eigenvalue weighted by atomic mass is 10.4. The predicted molar refractivity (Wildman–Crippen MR) is 192 cm³/mol. The Kier molecular flexibility index (Phi) is 34.2. The summed E-state index contributed by atoms with van der Waals surface area (Å²) in [5.74, 6) is 0. The lowest BCUT2D eigenvalue weighted by Gasteiger charge is -2.30. The molecule has 0 spiro atoms. The Hall–Kier alpha value is 1.85. The van der Waals surface area contributed by atoms with Crippen LogP contribution in [0.1, 0.15) is 27.7 Å². The lowest BCUT2D eigenvalue weighted by molar-refractivity contribution is 0.257. The van der Waals surface area contributed by atoms with Crippen LogP contribution in [0.5, 0.6) is 0 Å². The van der Waals surface area contributed by atoms with Gasteiger partial charge in [0.25, 0.3) is 0 Å². The van der Waals surface area contributed by atoms with Crippen LogP contribution in [0.2, 0.25) is 0 Å². The highest BCUT2D eigenvalue weighted by Gasteiger charge is 2.08. The minimum atomic E-state index is -0.0448. The average molecular weight is 640 g/mol. The number of likely N-dealkylation sites (N-methyl/N-ethyl adjacent to an activating group) is 3. The van der Waals surface area contributed by atoms with E-state index in [1.165, 1.54) is 99.0 Å². The molecule has 0 amide bonds. The van der Waals surface area contributed by atoms with E-state index < -0.39 is 0 Å². The first kappa shape index (κ1) is 42.0. The van der Waals surface area contributed by atoms with Gasteiger partial charge < -0.3 is 26.4 Å². The van der Waals surface area contributed by atoms with Crippen LogP contribution >= 0.6 is 0 Å². The van der Waals surface area contributed by atoms with Crippen molar-refractivity contribution >= 4 is 103 Å². The van der Waals surface area contributed by atoms with Crippen LogP contribution < -0.4 is 0 Å². The summed E-state index contributed by atoms with van der Waals surface area (Å²) in [5.41, 5.74) is 0. The molecule has 0 atom stereocenters. The van der Waals surface area contributed by atoms with Gasteiger partial charge in [-0.3, -0.25) is 9.35 Å². The fourth-order valence-electron chi connectivity index (χ4n) is 1.48. The molecule has 206 valence electrons. The number of hydrogen-bond donors (Lipinski definition) is 0. The van der Waals surface area contributed by atoms with Crippen molar-refractivity contribution < 1.29 is 0 Å². The minimum Gasteiger partial charge on any atom is -0.359 e. The maximum atomic E-state index is 2.65. The quantitative estimate of drug-likeness (QED) is 0.163. The van der Waals surface area contributed by atoms with Crippen LogP contribution in [0.4, 0.5) is 0 Å². The molecule has 0 unspecified atom stereocenters. The summed E-state index contributed by atoms with van der Waals surface area (Å²) >= 11 is 0. The first-order valence-electron chi connectivity index (χ1n) is 12.2. The van der Waals surface area contributed by atoms with Gasteiger partial charge >= 0.3 is 0 Å². The molecule has 0 rings (SSSR count). The summed E-state index contributed by atoms with van der Waals surface area (Å²) in [5, 5.41) is 0. The molecule has 0 fully saturated rings.